The summed E-state index contributed by atoms with van der Waals surface area (Å²) in [5.74, 6) is 0. The van der Waals surface area contributed by atoms with Crippen LogP contribution in [0.25, 0.3) is 17.0 Å². The van der Waals surface area contributed by atoms with Gasteiger partial charge in [-0.15, -0.1) is 0 Å². The van der Waals surface area contributed by atoms with Gasteiger partial charge >= 0.3 is 0 Å². The van der Waals surface area contributed by atoms with Gasteiger partial charge in [-0.1, -0.05) is 30.4 Å². The fourth-order valence-electron chi connectivity index (χ4n) is 2.14. The van der Waals surface area contributed by atoms with Crippen LogP contribution in [0.1, 0.15) is 24.8 Å². The molecule has 0 unspecified atom stereocenters. The Hall–Kier alpha value is -1.67. The lowest BCUT2D eigenvalue weighted by Crippen LogP contribution is -2.16. The molecule has 2 aromatic rings. The van der Waals surface area contributed by atoms with Crippen LogP contribution < -0.4 is 5.32 Å². The number of rotatable bonds is 5. The molecule has 0 atom stereocenters. The molecule has 0 bridgehead atoms. The van der Waals surface area contributed by atoms with Gasteiger partial charge in [0.15, 0.2) is 0 Å². The van der Waals surface area contributed by atoms with E-state index in [9.17, 15) is 0 Å². The zero-order valence-corrected chi connectivity index (χ0v) is 10.5. The zero-order chi connectivity index (χ0) is 12.2. The number of nitrogens with zero attached hydrogens (tertiary/aromatic N) is 1. The summed E-state index contributed by atoms with van der Waals surface area (Å²) in [4.78, 5) is 4.37. The van der Waals surface area contributed by atoms with Gasteiger partial charge in [-0.3, -0.25) is 4.98 Å². The summed E-state index contributed by atoms with van der Waals surface area (Å²) >= 11 is 0. The molecule has 3 rings (SSSR count). The second kappa shape index (κ2) is 5.32. The van der Waals surface area contributed by atoms with E-state index in [0.29, 0.717) is 0 Å². The third-order valence-electron chi connectivity index (χ3n) is 3.30. The zero-order valence-electron chi connectivity index (χ0n) is 10.5. The van der Waals surface area contributed by atoms with Gasteiger partial charge in [-0.2, -0.15) is 0 Å². The van der Waals surface area contributed by atoms with Crippen LogP contribution in [0.3, 0.4) is 0 Å². The van der Waals surface area contributed by atoms with Crippen molar-refractivity contribution < 1.29 is 0 Å². The summed E-state index contributed by atoms with van der Waals surface area (Å²) in [5.41, 5.74) is 2.32. The van der Waals surface area contributed by atoms with Crippen LogP contribution in [-0.4, -0.2) is 17.6 Å². The molecular weight excluding hydrogens is 220 g/mol. The van der Waals surface area contributed by atoms with Crippen molar-refractivity contribution >= 4 is 17.0 Å². The average molecular weight is 238 g/mol. The smallest absolute Gasteiger partial charge is 0.0707 e. The van der Waals surface area contributed by atoms with E-state index < -0.39 is 0 Å². The maximum Gasteiger partial charge on any atom is 0.0707 e. The molecule has 1 saturated carbocycles. The average Bonchev–Trinajstić information content (AvgIpc) is 3.23. The Labute approximate surface area is 108 Å². The molecule has 18 heavy (non-hydrogen) atoms. The standard InChI is InChI=1S/C16H18N2/c1(2-11-17-14-9-10-14)5-13-6-3-8-16-15(13)7-4-12-18-16/h1,3-8,12,14,17H,2,9-11H2/b5-1+. The Morgan fingerprint density at radius 3 is 3.06 bits per heavy atom. The molecule has 0 saturated heterocycles. The minimum absolute atomic E-state index is 0.806. The number of fused-ring (bicyclic) bond motifs is 1. The van der Waals surface area contributed by atoms with Gasteiger partial charge in [-0.05, 0) is 43.5 Å². The van der Waals surface area contributed by atoms with Crippen LogP contribution in [0.15, 0.2) is 42.6 Å². The number of nitrogens with one attached hydrogen (secondary N) is 1. The number of hydrogen-bond donors (Lipinski definition) is 1. The van der Waals surface area contributed by atoms with Crippen molar-refractivity contribution in [3.8, 4) is 0 Å². The molecule has 2 nitrogen and oxygen atoms in total. The molecule has 1 aromatic heterocycles. The van der Waals surface area contributed by atoms with Gasteiger partial charge in [0, 0.05) is 17.6 Å². The fraction of sp³-hybridized carbons (Fsp3) is 0.312. The Morgan fingerprint density at radius 1 is 1.22 bits per heavy atom. The highest BCUT2D eigenvalue weighted by Crippen LogP contribution is 2.19. The van der Waals surface area contributed by atoms with Crippen LogP contribution in [0.5, 0.6) is 0 Å². The molecule has 0 spiro atoms. The van der Waals surface area contributed by atoms with Crippen molar-refractivity contribution in [2.75, 3.05) is 6.54 Å². The van der Waals surface area contributed by atoms with Gasteiger partial charge in [-0.25, -0.2) is 0 Å². The van der Waals surface area contributed by atoms with Crippen molar-refractivity contribution in [2.24, 2.45) is 0 Å². The molecule has 1 N–H and O–H groups in total. The first-order chi connectivity index (χ1) is 8.93. The first-order valence-electron chi connectivity index (χ1n) is 6.67. The lowest BCUT2D eigenvalue weighted by Gasteiger charge is -2.01. The fourth-order valence-corrected chi connectivity index (χ4v) is 2.14. The Morgan fingerprint density at radius 2 is 2.17 bits per heavy atom. The molecule has 1 aliphatic carbocycles. The summed E-state index contributed by atoms with van der Waals surface area (Å²) in [6.07, 6.45) is 10.1. The van der Waals surface area contributed by atoms with E-state index in [4.69, 9.17) is 0 Å². The van der Waals surface area contributed by atoms with Crippen molar-refractivity contribution in [1.82, 2.24) is 10.3 Å². The minimum Gasteiger partial charge on any atom is -0.314 e. The second-order valence-corrected chi connectivity index (χ2v) is 4.84. The van der Waals surface area contributed by atoms with E-state index in [1.165, 1.54) is 23.8 Å². The number of pyridine rings is 1. The van der Waals surface area contributed by atoms with Crippen molar-refractivity contribution in [1.29, 1.82) is 0 Å². The van der Waals surface area contributed by atoms with Crippen LogP contribution in [0, 0.1) is 0 Å². The molecule has 1 aliphatic rings. The van der Waals surface area contributed by atoms with Crippen LogP contribution in [0.4, 0.5) is 0 Å². The maximum absolute atomic E-state index is 4.37. The van der Waals surface area contributed by atoms with Crippen molar-refractivity contribution in [3.63, 3.8) is 0 Å². The van der Waals surface area contributed by atoms with E-state index in [1.807, 2.05) is 12.3 Å². The third kappa shape index (κ3) is 2.77. The predicted octanol–water partition coefficient (Wildman–Crippen LogP) is 3.39. The highest BCUT2D eigenvalue weighted by atomic mass is 14.9. The van der Waals surface area contributed by atoms with Gasteiger partial charge in [0.2, 0.25) is 0 Å². The molecule has 0 aliphatic heterocycles. The Balaban J connectivity index is 1.67. The molecule has 1 aromatic carbocycles. The predicted molar refractivity (Wildman–Crippen MR) is 76.4 cm³/mol. The number of benzene rings is 1. The quantitative estimate of drug-likeness (QED) is 0.808. The topological polar surface area (TPSA) is 24.9 Å². The van der Waals surface area contributed by atoms with E-state index in [2.05, 4.69) is 46.7 Å². The number of hydrogen-bond acceptors (Lipinski definition) is 2. The van der Waals surface area contributed by atoms with Crippen LogP contribution in [-0.2, 0) is 0 Å². The Kier molecular flexibility index (Phi) is 3.37. The summed E-state index contributed by atoms with van der Waals surface area (Å²) in [6, 6.07) is 11.2. The first-order valence-corrected chi connectivity index (χ1v) is 6.67. The molecule has 0 radical (unpaired) electrons. The van der Waals surface area contributed by atoms with E-state index in [1.54, 1.807) is 0 Å². The van der Waals surface area contributed by atoms with Crippen LogP contribution >= 0.6 is 0 Å². The molecular formula is C16H18N2. The summed E-state index contributed by atoms with van der Waals surface area (Å²) in [6.45, 7) is 1.09. The number of aromatic nitrogens is 1. The molecule has 0 amide bonds. The summed E-state index contributed by atoms with van der Waals surface area (Å²) in [7, 11) is 0. The lowest BCUT2D eigenvalue weighted by atomic mass is 10.1. The Bertz CT molecular complexity index is 551. The second-order valence-electron chi connectivity index (χ2n) is 4.84. The van der Waals surface area contributed by atoms with Gasteiger partial charge in [0.1, 0.15) is 0 Å². The third-order valence-corrected chi connectivity index (χ3v) is 3.30. The normalized spacial score (nSPS) is 15.6. The summed E-state index contributed by atoms with van der Waals surface area (Å²) < 4.78 is 0. The van der Waals surface area contributed by atoms with E-state index >= 15 is 0 Å². The molecule has 2 heteroatoms. The largest absolute Gasteiger partial charge is 0.314 e. The van der Waals surface area contributed by atoms with E-state index in [0.717, 1.165) is 24.5 Å². The molecule has 1 fully saturated rings. The van der Waals surface area contributed by atoms with Gasteiger partial charge in [0.05, 0.1) is 5.52 Å². The van der Waals surface area contributed by atoms with Crippen LogP contribution in [0.2, 0.25) is 0 Å². The van der Waals surface area contributed by atoms with E-state index in [-0.39, 0.29) is 0 Å². The van der Waals surface area contributed by atoms with Crippen molar-refractivity contribution in [2.45, 2.75) is 25.3 Å². The maximum atomic E-state index is 4.37. The highest BCUT2D eigenvalue weighted by molar-refractivity contribution is 5.87. The minimum atomic E-state index is 0.806. The first kappa shape index (κ1) is 11.4. The summed E-state index contributed by atoms with van der Waals surface area (Å²) in [5, 5.41) is 4.74. The highest BCUT2D eigenvalue weighted by Gasteiger charge is 2.19. The SMILES string of the molecule is C(=C\c1cccc2ncccc12)/CCNC1CC1. The lowest BCUT2D eigenvalue weighted by molar-refractivity contribution is 0.691. The molecule has 1 heterocycles. The van der Waals surface area contributed by atoms with Gasteiger partial charge in [0.25, 0.3) is 0 Å². The van der Waals surface area contributed by atoms with Gasteiger partial charge < -0.3 is 5.32 Å². The molecule has 92 valence electrons. The van der Waals surface area contributed by atoms with Crippen molar-refractivity contribution in [3.05, 3.63) is 48.2 Å². The monoisotopic (exact) mass is 238 g/mol.